The molecule has 1 aliphatic heterocycles. The van der Waals surface area contributed by atoms with E-state index in [1.165, 1.54) is 0 Å². The highest BCUT2D eigenvalue weighted by Crippen LogP contribution is 2.32. The summed E-state index contributed by atoms with van der Waals surface area (Å²) in [6.45, 7) is 2.49. The molecule has 0 bridgehead atoms. The first kappa shape index (κ1) is 11.1. The number of ketones is 1. The van der Waals surface area contributed by atoms with Gasteiger partial charge in [0, 0.05) is 13.0 Å². The molecule has 86 valence electrons. The average molecular weight is 220 g/mol. The lowest BCUT2D eigenvalue weighted by Crippen LogP contribution is -2.39. The topological polar surface area (TPSA) is 35.5 Å². The number of rotatable bonds is 2. The lowest BCUT2D eigenvalue weighted by Gasteiger charge is -2.32. The van der Waals surface area contributed by atoms with Crippen LogP contribution in [0.15, 0.2) is 24.3 Å². The summed E-state index contributed by atoms with van der Waals surface area (Å²) in [5, 5.41) is 0. The van der Waals surface area contributed by atoms with Gasteiger partial charge in [-0.15, -0.1) is 0 Å². The summed E-state index contributed by atoms with van der Waals surface area (Å²) < 4.78 is 10.7. The smallest absolute Gasteiger partial charge is 0.168 e. The van der Waals surface area contributed by atoms with E-state index in [1.807, 2.05) is 31.2 Å². The highest BCUT2D eigenvalue weighted by molar-refractivity contribution is 5.88. The van der Waals surface area contributed by atoms with Gasteiger partial charge in [-0.2, -0.15) is 0 Å². The Morgan fingerprint density at radius 3 is 2.56 bits per heavy atom. The van der Waals surface area contributed by atoms with Gasteiger partial charge in [0.1, 0.15) is 11.4 Å². The number of ether oxygens (including phenoxy) is 2. The molecular formula is C13H16O3. The Morgan fingerprint density at radius 1 is 1.31 bits per heavy atom. The van der Waals surface area contributed by atoms with Crippen molar-refractivity contribution in [3.63, 3.8) is 0 Å². The summed E-state index contributed by atoms with van der Waals surface area (Å²) >= 11 is 0. The Labute approximate surface area is 95.4 Å². The second kappa shape index (κ2) is 4.26. The van der Waals surface area contributed by atoms with Gasteiger partial charge in [-0.25, -0.2) is 0 Å². The van der Waals surface area contributed by atoms with Crippen molar-refractivity contribution in [1.82, 2.24) is 0 Å². The summed E-state index contributed by atoms with van der Waals surface area (Å²) in [6, 6.07) is 7.49. The second-order valence-electron chi connectivity index (χ2n) is 4.14. The van der Waals surface area contributed by atoms with Gasteiger partial charge in [0.05, 0.1) is 7.11 Å². The van der Waals surface area contributed by atoms with Crippen LogP contribution in [-0.2, 0) is 15.1 Å². The first-order valence-corrected chi connectivity index (χ1v) is 5.48. The van der Waals surface area contributed by atoms with Gasteiger partial charge in [-0.05, 0) is 31.0 Å². The zero-order valence-corrected chi connectivity index (χ0v) is 9.66. The molecule has 1 aliphatic rings. The standard InChI is InChI=1S/C13H16O3/c1-13(12(14)4-3-9-16-13)10-5-7-11(15-2)8-6-10/h5-8H,3-4,9H2,1-2H3/t13-/m1/s1. The molecule has 0 spiro atoms. The van der Waals surface area contributed by atoms with Crippen LogP contribution in [-0.4, -0.2) is 19.5 Å². The zero-order chi connectivity index (χ0) is 11.6. The van der Waals surface area contributed by atoms with Crippen LogP contribution in [0.5, 0.6) is 5.75 Å². The number of hydrogen-bond donors (Lipinski definition) is 0. The average Bonchev–Trinajstić information content (AvgIpc) is 2.33. The lowest BCUT2D eigenvalue weighted by molar-refractivity contribution is -0.151. The van der Waals surface area contributed by atoms with Crippen molar-refractivity contribution in [2.75, 3.05) is 13.7 Å². The lowest BCUT2D eigenvalue weighted by atomic mass is 9.87. The van der Waals surface area contributed by atoms with E-state index in [-0.39, 0.29) is 5.78 Å². The largest absolute Gasteiger partial charge is 0.497 e. The van der Waals surface area contributed by atoms with Crippen molar-refractivity contribution in [2.24, 2.45) is 0 Å². The van der Waals surface area contributed by atoms with Crippen LogP contribution >= 0.6 is 0 Å². The summed E-state index contributed by atoms with van der Waals surface area (Å²) in [4.78, 5) is 11.9. The number of Topliss-reactive ketones (excluding diaryl/α,β-unsaturated/α-hetero) is 1. The number of carbonyl (C=O) groups is 1. The van der Waals surface area contributed by atoms with Gasteiger partial charge < -0.3 is 9.47 Å². The molecule has 16 heavy (non-hydrogen) atoms. The minimum Gasteiger partial charge on any atom is -0.497 e. The molecule has 0 aliphatic carbocycles. The fourth-order valence-electron chi connectivity index (χ4n) is 1.98. The quantitative estimate of drug-likeness (QED) is 0.767. The van der Waals surface area contributed by atoms with Gasteiger partial charge in [0.15, 0.2) is 5.78 Å². The maximum absolute atomic E-state index is 11.9. The van der Waals surface area contributed by atoms with Crippen LogP contribution in [0.2, 0.25) is 0 Å². The van der Waals surface area contributed by atoms with Crippen molar-refractivity contribution in [3.05, 3.63) is 29.8 Å². The van der Waals surface area contributed by atoms with Gasteiger partial charge in [0.25, 0.3) is 0 Å². The van der Waals surface area contributed by atoms with Crippen LogP contribution in [0.4, 0.5) is 0 Å². The molecule has 1 atom stereocenters. The Morgan fingerprint density at radius 2 is 2.00 bits per heavy atom. The molecule has 1 aromatic rings. The van der Waals surface area contributed by atoms with E-state index in [9.17, 15) is 4.79 Å². The molecule has 3 heteroatoms. The predicted molar refractivity (Wildman–Crippen MR) is 60.5 cm³/mol. The van der Waals surface area contributed by atoms with E-state index in [2.05, 4.69) is 0 Å². The molecule has 0 amide bonds. The van der Waals surface area contributed by atoms with Crippen LogP contribution in [0, 0.1) is 0 Å². The number of benzene rings is 1. The molecule has 1 aromatic carbocycles. The Hall–Kier alpha value is -1.35. The normalized spacial score (nSPS) is 25.5. The number of methoxy groups -OCH3 is 1. The second-order valence-corrected chi connectivity index (χ2v) is 4.14. The van der Waals surface area contributed by atoms with E-state index in [0.29, 0.717) is 13.0 Å². The van der Waals surface area contributed by atoms with Gasteiger partial charge >= 0.3 is 0 Å². The first-order valence-electron chi connectivity index (χ1n) is 5.48. The summed E-state index contributed by atoms with van der Waals surface area (Å²) in [6.07, 6.45) is 1.42. The fraction of sp³-hybridized carbons (Fsp3) is 0.462. The maximum atomic E-state index is 11.9. The Kier molecular flexibility index (Phi) is 2.97. The van der Waals surface area contributed by atoms with E-state index < -0.39 is 5.60 Å². The van der Waals surface area contributed by atoms with Crippen LogP contribution < -0.4 is 4.74 Å². The minimum atomic E-state index is -0.773. The highest BCUT2D eigenvalue weighted by atomic mass is 16.5. The van der Waals surface area contributed by atoms with Crippen molar-refractivity contribution in [1.29, 1.82) is 0 Å². The van der Waals surface area contributed by atoms with E-state index in [4.69, 9.17) is 9.47 Å². The van der Waals surface area contributed by atoms with E-state index in [0.717, 1.165) is 17.7 Å². The highest BCUT2D eigenvalue weighted by Gasteiger charge is 2.37. The molecule has 0 unspecified atom stereocenters. The Balaban J connectivity index is 2.30. The van der Waals surface area contributed by atoms with Crippen LogP contribution in [0.25, 0.3) is 0 Å². The SMILES string of the molecule is COc1ccc([C@@]2(C)OCCCC2=O)cc1. The molecule has 0 radical (unpaired) electrons. The third kappa shape index (κ3) is 1.83. The Bertz CT molecular complexity index is 383. The summed E-state index contributed by atoms with van der Waals surface area (Å²) in [5.74, 6) is 0.944. The molecule has 1 fully saturated rings. The molecule has 1 saturated heterocycles. The monoisotopic (exact) mass is 220 g/mol. The van der Waals surface area contributed by atoms with Gasteiger partial charge in [-0.3, -0.25) is 4.79 Å². The van der Waals surface area contributed by atoms with Gasteiger partial charge in [0.2, 0.25) is 0 Å². The van der Waals surface area contributed by atoms with E-state index >= 15 is 0 Å². The van der Waals surface area contributed by atoms with Crippen molar-refractivity contribution in [3.8, 4) is 5.75 Å². The van der Waals surface area contributed by atoms with Crippen LogP contribution in [0.1, 0.15) is 25.3 Å². The minimum absolute atomic E-state index is 0.156. The molecule has 2 rings (SSSR count). The van der Waals surface area contributed by atoms with Crippen molar-refractivity contribution >= 4 is 5.78 Å². The van der Waals surface area contributed by atoms with Crippen molar-refractivity contribution in [2.45, 2.75) is 25.4 Å². The molecule has 1 heterocycles. The number of carbonyl (C=O) groups excluding carboxylic acids is 1. The van der Waals surface area contributed by atoms with E-state index in [1.54, 1.807) is 7.11 Å². The molecule has 0 N–H and O–H groups in total. The fourth-order valence-corrected chi connectivity index (χ4v) is 1.98. The molecule has 0 saturated carbocycles. The summed E-state index contributed by atoms with van der Waals surface area (Å²) in [5.41, 5.74) is 0.128. The third-order valence-corrected chi connectivity index (χ3v) is 3.11. The maximum Gasteiger partial charge on any atom is 0.168 e. The number of hydrogen-bond acceptors (Lipinski definition) is 3. The van der Waals surface area contributed by atoms with Crippen molar-refractivity contribution < 1.29 is 14.3 Å². The molecule has 0 aromatic heterocycles. The molecule has 3 nitrogen and oxygen atoms in total. The first-order chi connectivity index (χ1) is 7.66. The summed E-state index contributed by atoms with van der Waals surface area (Å²) in [7, 11) is 1.62. The third-order valence-electron chi connectivity index (χ3n) is 3.11. The predicted octanol–water partition coefficient (Wildman–Crippen LogP) is 2.29. The molecular weight excluding hydrogens is 204 g/mol. The van der Waals surface area contributed by atoms with Crippen LogP contribution in [0.3, 0.4) is 0 Å². The van der Waals surface area contributed by atoms with Gasteiger partial charge in [-0.1, -0.05) is 12.1 Å². The zero-order valence-electron chi connectivity index (χ0n) is 9.66.